The third-order valence-corrected chi connectivity index (χ3v) is 3.00. The van der Waals surface area contributed by atoms with Crippen LogP contribution in [0, 0.1) is 5.92 Å². The lowest BCUT2D eigenvalue weighted by atomic mass is 10.1. The Balaban J connectivity index is 1.91. The summed E-state index contributed by atoms with van der Waals surface area (Å²) in [6.07, 6.45) is 0.833. The summed E-state index contributed by atoms with van der Waals surface area (Å²) in [5, 5.41) is 15.8. The molecule has 0 aliphatic heterocycles. The van der Waals surface area contributed by atoms with Gasteiger partial charge in [0.25, 0.3) is 0 Å². The average molecular weight is 254 g/mol. The van der Waals surface area contributed by atoms with Gasteiger partial charge in [0.05, 0.1) is 5.75 Å². The number of aromatic nitrogens is 6. The van der Waals surface area contributed by atoms with Crippen molar-refractivity contribution in [3.05, 3.63) is 11.7 Å². The molecule has 2 aromatic heterocycles. The Kier molecular flexibility index (Phi) is 3.72. The van der Waals surface area contributed by atoms with Gasteiger partial charge in [-0.3, -0.25) is 0 Å². The van der Waals surface area contributed by atoms with Crippen LogP contribution in [-0.2, 0) is 19.2 Å². The molecule has 92 valence electrons. The lowest BCUT2D eigenvalue weighted by Crippen LogP contribution is -1.96. The van der Waals surface area contributed by atoms with Gasteiger partial charge in [0, 0.05) is 13.5 Å². The third kappa shape index (κ3) is 3.26. The molecule has 7 nitrogen and oxygen atoms in total. The van der Waals surface area contributed by atoms with Crippen LogP contribution < -0.4 is 0 Å². The zero-order valence-electron chi connectivity index (χ0n) is 9.99. The smallest absolute Gasteiger partial charge is 0.237 e. The van der Waals surface area contributed by atoms with Gasteiger partial charge in [-0.1, -0.05) is 30.8 Å². The van der Waals surface area contributed by atoms with Gasteiger partial charge in [-0.15, -0.1) is 5.10 Å². The fraction of sp³-hybridized carbons (Fsp3) is 0.667. The predicted molar refractivity (Wildman–Crippen MR) is 61.2 cm³/mol. The highest BCUT2D eigenvalue weighted by Gasteiger charge is 2.10. The van der Waals surface area contributed by atoms with Crippen molar-refractivity contribution in [3.8, 4) is 0 Å². The molecule has 0 radical (unpaired) electrons. The molecule has 0 aliphatic carbocycles. The van der Waals surface area contributed by atoms with Gasteiger partial charge in [-0.2, -0.15) is 4.98 Å². The fourth-order valence-corrected chi connectivity index (χ4v) is 1.95. The van der Waals surface area contributed by atoms with E-state index in [1.807, 2.05) is 0 Å². The van der Waals surface area contributed by atoms with E-state index in [4.69, 9.17) is 4.52 Å². The zero-order chi connectivity index (χ0) is 12.3. The number of tetrazole rings is 1. The molecule has 0 fully saturated rings. The quantitative estimate of drug-likeness (QED) is 0.738. The van der Waals surface area contributed by atoms with Crippen molar-refractivity contribution in [1.29, 1.82) is 0 Å². The van der Waals surface area contributed by atoms with E-state index < -0.39 is 0 Å². The van der Waals surface area contributed by atoms with Crippen molar-refractivity contribution in [2.24, 2.45) is 13.0 Å². The molecule has 2 rings (SSSR count). The van der Waals surface area contributed by atoms with Gasteiger partial charge in [-0.05, 0) is 16.3 Å². The van der Waals surface area contributed by atoms with E-state index in [1.165, 1.54) is 11.8 Å². The number of hydrogen-bond acceptors (Lipinski definition) is 7. The maximum atomic E-state index is 5.14. The second-order valence-electron chi connectivity index (χ2n) is 4.08. The highest BCUT2D eigenvalue weighted by Crippen LogP contribution is 2.18. The second kappa shape index (κ2) is 5.26. The lowest BCUT2D eigenvalue weighted by Gasteiger charge is -1.96. The van der Waals surface area contributed by atoms with Gasteiger partial charge in [0.15, 0.2) is 5.82 Å². The van der Waals surface area contributed by atoms with Crippen molar-refractivity contribution in [3.63, 3.8) is 0 Å². The van der Waals surface area contributed by atoms with Crippen LogP contribution in [0.1, 0.15) is 25.6 Å². The summed E-state index contributed by atoms with van der Waals surface area (Å²) in [7, 11) is 1.79. The summed E-state index contributed by atoms with van der Waals surface area (Å²) >= 11 is 1.47. The summed E-state index contributed by atoms with van der Waals surface area (Å²) in [5.41, 5.74) is 0. The topological polar surface area (TPSA) is 82.5 Å². The Morgan fingerprint density at radius 3 is 2.88 bits per heavy atom. The van der Waals surface area contributed by atoms with E-state index in [0.29, 0.717) is 17.6 Å². The normalized spacial score (nSPS) is 11.3. The van der Waals surface area contributed by atoms with Gasteiger partial charge < -0.3 is 4.52 Å². The van der Waals surface area contributed by atoms with Gasteiger partial charge in [-0.25, -0.2) is 4.68 Å². The molecule has 2 heterocycles. The molecule has 17 heavy (non-hydrogen) atoms. The predicted octanol–water partition coefficient (Wildman–Crippen LogP) is 1.08. The van der Waals surface area contributed by atoms with E-state index in [1.54, 1.807) is 11.7 Å². The monoisotopic (exact) mass is 254 g/mol. The molecule has 0 amide bonds. The molecule has 0 spiro atoms. The van der Waals surface area contributed by atoms with E-state index >= 15 is 0 Å². The van der Waals surface area contributed by atoms with Crippen molar-refractivity contribution < 1.29 is 4.52 Å². The van der Waals surface area contributed by atoms with E-state index in [-0.39, 0.29) is 0 Å². The Morgan fingerprint density at radius 2 is 2.24 bits per heavy atom. The van der Waals surface area contributed by atoms with Crippen molar-refractivity contribution in [2.75, 3.05) is 0 Å². The molecular formula is C9H14N6OS. The highest BCUT2D eigenvalue weighted by atomic mass is 32.2. The summed E-state index contributed by atoms with van der Waals surface area (Å²) in [4.78, 5) is 4.30. The Morgan fingerprint density at radius 1 is 1.41 bits per heavy atom. The molecule has 0 unspecified atom stereocenters. The fourth-order valence-electron chi connectivity index (χ4n) is 1.27. The van der Waals surface area contributed by atoms with Crippen molar-refractivity contribution in [1.82, 2.24) is 30.3 Å². The summed E-state index contributed by atoms with van der Waals surface area (Å²) in [5.74, 6) is 2.47. The third-order valence-electron chi connectivity index (χ3n) is 2.01. The Bertz CT molecular complexity index is 479. The second-order valence-corrected chi connectivity index (χ2v) is 5.02. The van der Waals surface area contributed by atoms with Crippen LogP contribution in [0.25, 0.3) is 0 Å². The molecular weight excluding hydrogens is 240 g/mol. The maximum Gasteiger partial charge on any atom is 0.237 e. The highest BCUT2D eigenvalue weighted by molar-refractivity contribution is 7.98. The maximum absolute atomic E-state index is 5.14. The molecule has 0 N–H and O–H groups in total. The first kappa shape index (κ1) is 12.0. The van der Waals surface area contributed by atoms with Crippen LogP contribution in [0.5, 0.6) is 0 Å². The minimum absolute atomic E-state index is 0.524. The minimum Gasteiger partial charge on any atom is -0.338 e. The van der Waals surface area contributed by atoms with Crippen molar-refractivity contribution >= 4 is 11.8 Å². The lowest BCUT2D eigenvalue weighted by molar-refractivity contribution is 0.382. The first-order chi connectivity index (χ1) is 8.15. The first-order valence-corrected chi connectivity index (χ1v) is 6.30. The van der Waals surface area contributed by atoms with Crippen LogP contribution in [-0.4, -0.2) is 30.3 Å². The molecule has 0 aliphatic rings. The molecule has 0 saturated heterocycles. The number of thioether (sulfide) groups is 1. The summed E-state index contributed by atoms with van der Waals surface area (Å²) < 4.78 is 6.75. The molecule has 0 atom stereocenters. The minimum atomic E-state index is 0.524. The van der Waals surface area contributed by atoms with Crippen LogP contribution in [0.3, 0.4) is 0 Å². The average Bonchev–Trinajstić information content (AvgIpc) is 2.84. The van der Waals surface area contributed by atoms with E-state index in [0.717, 1.165) is 17.4 Å². The van der Waals surface area contributed by atoms with E-state index in [9.17, 15) is 0 Å². The molecule has 0 aromatic carbocycles. The van der Waals surface area contributed by atoms with Gasteiger partial charge in [0.2, 0.25) is 11.0 Å². The van der Waals surface area contributed by atoms with E-state index in [2.05, 4.69) is 39.5 Å². The number of nitrogens with zero attached hydrogens (tertiary/aromatic N) is 6. The summed E-state index contributed by atoms with van der Waals surface area (Å²) in [6, 6.07) is 0. The largest absolute Gasteiger partial charge is 0.338 e. The molecule has 0 saturated carbocycles. The molecule has 2 aromatic rings. The Labute approximate surface area is 103 Å². The number of aryl methyl sites for hydroxylation is 1. The van der Waals surface area contributed by atoms with Crippen LogP contribution >= 0.6 is 11.8 Å². The van der Waals surface area contributed by atoms with Gasteiger partial charge in [0.1, 0.15) is 0 Å². The number of hydrogen-bond donors (Lipinski definition) is 0. The van der Waals surface area contributed by atoms with Gasteiger partial charge >= 0.3 is 0 Å². The van der Waals surface area contributed by atoms with Crippen LogP contribution in [0.15, 0.2) is 9.68 Å². The SMILES string of the molecule is CC(C)Cc1noc(CSc2nnnn2C)n1. The standard InChI is InChI=1S/C9H14N6OS/c1-6(2)4-7-10-8(16-12-7)5-17-9-11-13-14-15(9)3/h6H,4-5H2,1-3H3. The summed E-state index contributed by atoms with van der Waals surface area (Å²) in [6.45, 7) is 4.24. The van der Waals surface area contributed by atoms with Crippen LogP contribution in [0.4, 0.5) is 0 Å². The molecule has 8 heteroatoms. The zero-order valence-corrected chi connectivity index (χ0v) is 10.8. The van der Waals surface area contributed by atoms with Crippen molar-refractivity contribution in [2.45, 2.75) is 31.2 Å². The number of rotatable bonds is 5. The Hall–Kier alpha value is -1.44. The molecule has 0 bridgehead atoms. The van der Waals surface area contributed by atoms with Crippen LogP contribution in [0.2, 0.25) is 0 Å². The first-order valence-electron chi connectivity index (χ1n) is 5.31.